The molecule has 110 valence electrons. The average molecular weight is 305 g/mol. The summed E-state index contributed by atoms with van der Waals surface area (Å²) in [6.45, 7) is 4.09. The second-order valence-electron chi connectivity index (χ2n) is 5.01. The van der Waals surface area contributed by atoms with Crippen molar-refractivity contribution in [3.8, 4) is 0 Å². The van der Waals surface area contributed by atoms with Gasteiger partial charge in [-0.2, -0.15) is 0 Å². The Hall–Kier alpha value is -1.91. The minimum absolute atomic E-state index is 0.0831. The Morgan fingerprint density at radius 1 is 1.05 bits per heavy atom. The first-order valence-electron chi connectivity index (χ1n) is 6.73. The summed E-state index contributed by atoms with van der Waals surface area (Å²) in [7, 11) is 0. The van der Waals surface area contributed by atoms with Gasteiger partial charge in [0.25, 0.3) is 5.69 Å². The molecule has 4 nitrogen and oxygen atoms in total. The summed E-state index contributed by atoms with van der Waals surface area (Å²) in [6.07, 6.45) is 0. The van der Waals surface area contributed by atoms with Crippen LogP contribution in [0.2, 0.25) is 5.02 Å². The molecule has 21 heavy (non-hydrogen) atoms. The third kappa shape index (κ3) is 4.03. The van der Waals surface area contributed by atoms with Crippen molar-refractivity contribution >= 4 is 17.3 Å². The van der Waals surface area contributed by atoms with Crippen LogP contribution in [0.3, 0.4) is 0 Å². The molecule has 2 aromatic carbocycles. The second-order valence-corrected chi connectivity index (χ2v) is 5.45. The largest absolute Gasteiger partial charge is 0.304 e. The van der Waals surface area contributed by atoms with E-state index < -0.39 is 4.92 Å². The lowest BCUT2D eigenvalue weighted by Crippen LogP contribution is -2.22. The summed E-state index contributed by atoms with van der Waals surface area (Å²) in [5.74, 6) is 0. The SMILES string of the molecule is CC(NC(C)c1cccc(Cl)c1)c1ccc([N+](=O)[O-])cc1. The maximum atomic E-state index is 10.7. The molecule has 0 aliphatic rings. The average Bonchev–Trinajstić information content (AvgIpc) is 2.47. The molecule has 5 heteroatoms. The van der Waals surface area contributed by atoms with Crippen molar-refractivity contribution in [1.82, 2.24) is 5.32 Å². The van der Waals surface area contributed by atoms with Crippen LogP contribution in [-0.2, 0) is 0 Å². The van der Waals surface area contributed by atoms with Crippen LogP contribution in [0.4, 0.5) is 5.69 Å². The van der Waals surface area contributed by atoms with Gasteiger partial charge < -0.3 is 5.32 Å². The molecule has 2 atom stereocenters. The van der Waals surface area contributed by atoms with Crippen LogP contribution < -0.4 is 5.32 Å². The number of nitro groups is 1. The van der Waals surface area contributed by atoms with Crippen LogP contribution in [0.1, 0.15) is 37.1 Å². The van der Waals surface area contributed by atoms with Crippen LogP contribution in [0.5, 0.6) is 0 Å². The molecule has 2 rings (SSSR count). The molecule has 2 aromatic rings. The Labute approximate surface area is 128 Å². The second kappa shape index (κ2) is 6.70. The first-order valence-corrected chi connectivity index (χ1v) is 7.11. The van der Waals surface area contributed by atoms with E-state index in [1.54, 1.807) is 12.1 Å². The van der Waals surface area contributed by atoms with E-state index in [9.17, 15) is 10.1 Å². The molecular weight excluding hydrogens is 288 g/mol. The number of non-ortho nitro benzene ring substituents is 1. The van der Waals surface area contributed by atoms with Crippen molar-refractivity contribution in [2.24, 2.45) is 0 Å². The molecule has 1 N–H and O–H groups in total. The van der Waals surface area contributed by atoms with Crippen LogP contribution in [0.15, 0.2) is 48.5 Å². The predicted octanol–water partition coefficient (Wildman–Crippen LogP) is 4.66. The molecule has 0 spiro atoms. The summed E-state index contributed by atoms with van der Waals surface area (Å²) in [5.41, 5.74) is 2.22. The van der Waals surface area contributed by atoms with Crippen molar-refractivity contribution in [1.29, 1.82) is 0 Å². The first-order chi connectivity index (χ1) is 9.97. The van der Waals surface area contributed by atoms with E-state index >= 15 is 0 Å². The number of rotatable bonds is 5. The minimum Gasteiger partial charge on any atom is -0.304 e. The highest BCUT2D eigenvalue weighted by Gasteiger charge is 2.13. The molecule has 0 aliphatic heterocycles. The number of benzene rings is 2. The highest BCUT2D eigenvalue weighted by atomic mass is 35.5. The fraction of sp³-hybridized carbons (Fsp3) is 0.250. The van der Waals surface area contributed by atoms with Gasteiger partial charge >= 0.3 is 0 Å². The normalized spacial score (nSPS) is 13.7. The highest BCUT2D eigenvalue weighted by Crippen LogP contribution is 2.23. The predicted molar refractivity (Wildman–Crippen MR) is 84.5 cm³/mol. The lowest BCUT2D eigenvalue weighted by Gasteiger charge is -2.21. The van der Waals surface area contributed by atoms with Crippen molar-refractivity contribution in [3.63, 3.8) is 0 Å². The Morgan fingerprint density at radius 3 is 2.24 bits per heavy atom. The van der Waals surface area contributed by atoms with Crippen molar-refractivity contribution < 1.29 is 4.92 Å². The fourth-order valence-electron chi connectivity index (χ4n) is 2.23. The molecule has 0 bridgehead atoms. The van der Waals surface area contributed by atoms with E-state index in [-0.39, 0.29) is 17.8 Å². The maximum absolute atomic E-state index is 10.7. The van der Waals surface area contributed by atoms with E-state index in [0.717, 1.165) is 11.1 Å². The van der Waals surface area contributed by atoms with Gasteiger partial charge in [0.15, 0.2) is 0 Å². The van der Waals surface area contributed by atoms with Gasteiger partial charge in [-0.25, -0.2) is 0 Å². The Balaban J connectivity index is 2.06. The van der Waals surface area contributed by atoms with Gasteiger partial charge in [-0.05, 0) is 37.1 Å². The Bertz CT molecular complexity index is 628. The zero-order chi connectivity index (χ0) is 15.4. The lowest BCUT2D eigenvalue weighted by atomic mass is 10.0. The molecule has 0 saturated carbocycles. The van der Waals surface area contributed by atoms with E-state index in [2.05, 4.69) is 12.2 Å². The minimum atomic E-state index is -0.392. The third-order valence-electron chi connectivity index (χ3n) is 3.45. The summed E-state index contributed by atoms with van der Waals surface area (Å²) in [4.78, 5) is 10.3. The van der Waals surface area contributed by atoms with E-state index in [0.29, 0.717) is 5.02 Å². The molecule has 2 unspecified atom stereocenters. The molecular formula is C16H17ClN2O2. The smallest absolute Gasteiger partial charge is 0.269 e. The van der Waals surface area contributed by atoms with Crippen LogP contribution in [-0.4, -0.2) is 4.92 Å². The molecule has 0 radical (unpaired) electrons. The van der Waals surface area contributed by atoms with Gasteiger partial charge in [-0.1, -0.05) is 35.9 Å². The van der Waals surface area contributed by atoms with Gasteiger partial charge in [-0.3, -0.25) is 10.1 Å². The molecule has 0 aromatic heterocycles. The number of hydrogen-bond donors (Lipinski definition) is 1. The van der Waals surface area contributed by atoms with Gasteiger partial charge in [-0.15, -0.1) is 0 Å². The summed E-state index contributed by atoms with van der Waals surface area (Å²) >= 11 is 6.00. The van der Waals surface area contributed by atoms with E-state index in [1.165, 1.54) is 12.1 Å². The van der Waals surface area contributed by atoms with Gasteiger partial charge in [0, 0.05) is 29.2 Å². The summed E-state index contributed by atoms with van der Waals surface area (Å²) < 4.78 is 0. The zero-order valence-electron chi connectivity index (χ0n) is 11.9. The number of nitrogens with zero attached hydrogens (tertiary/aromatic N) is 1. The monoisotopic (exact) mass is 304 g/mol. The molecule has 0 fully saturated rings. The molecule has 0 aliphatic carbocycles. The van der Waals surface area contributed by atoms with Gasteiger partial charge in [0.2, 0.25) is 0 Å². The molecule has 0 amide bonds. The number of nitro benzene ring substituents is 1. The fourth-order valence-corrected chi connectivity index (χ4v) is 2.43. The van der Waals surface area contributed by atoms with Crippen molar-refractivity contribution in [3.05, 3.63) is 74.8 Å². The van der Waals surface area contributed by atoms with E-state index in [4.69, 9.17) is 11.6 Å². The van der Waals surface area contributed by atoms with Crippen LogP contribution in [0, 0.1) is 10.1 Å². The third-order valence-corrected chi connectivity index (χ3v) is 3.69. The maximum Gasteiger partial charge on any atom is 0.269 e. The summed E-state index contributed by atoms with van der Waals surface area (Å²) in [6, 6.07) is 14.5. The number of nitrogens with one attached hydrogen (secondary N) is 1. The van der Waals surface area contributed by atoms with Gasteiger partial charge in [0.05, 0.1) is 4.92 Å². The molecule has 0 heterocycles. The molecule has 0 saturated heterocycles. The van der Waals surface area contributed by atoms with Crippen LogP contribution in [0.25, 0.3) is 0 Å². The standard InChI is InChI=1S/C16H17ClN2O2/c1-11(13-6-8-16(9-7-13)19(20)21)18-12(2)14-4-3-5-15(17)10-14/h3-12,18H,1-2H3. The topological polar surface area (TPSA) is 55.2 Å². The van der Waals surface area contributed by atoms with Crippen LogP contribution >= 0.6 is 11.6 Å². The first kappa shape index (κ1) is 15.5. The van der Waals surface area contributed by atoms with Crippen molar-refractivity contribution in [2.75, 3.05) is 0 Å². The Morgan fingerprint density at radius 2 is 1.67 bits per heavy atom. The quantitative estimate of drug-likeness (QED) is 0.645. The highest BCUT2D eigenvalue weighted by molar-refractivity contribution is 6.30. The summed E-state index contributed by atoms with van der Waals surface area (Å²) in [5, 5.41) is 14.8. The number of halogens is 1. The van der Waals surface area contributed by atoms with Crippen molar-refractivity contribution in [2.45, 2.75) is 25.9 Å². The Kier molecular flexibility index (Phi) is 4.94. The van der Waals surface area contributed by atoms with Gasteiger partial charge in [0.1, 0.15) is 0 Å². The lowest BCUT2D eigenvalue weighted by molar-refractivity contribution is -0.384. The van der Waals surface area contributed by atoms with E-state index in [1.807, 2.05) is 31.2 Å². The number of hydrogen-bond acceptors (Lipinski definition) is 3. The zero-order valence-corrected chi connectivity index (χ0v) is 12.7.